The zero-order valence-corrected chi connectivity index (χ0v) is 14.6. The molecular formula is C17H23N5S. The molecule has 3 heterocycles. The van der Waals surface area contributed by atoms with E-state index in [1.807, 2.05) is 6.20 Å². The molecule has 1 fully saturated rings. The van der Waals surface area contributed by atoms with Crippen LogP contribution in [0.4, 0.5) is 5.82 Å². The molecular weight excluding hydrogens is 306 g/mol. The molecule has 4 rings (SSSR count). The second kappa shape index (κ2) is 6.17. The quantitative estimate of drug-likeness (QED) is 0.862. The molecule has 1 aliphatic heterocycles. The SMILES string of the molecule is Cc1ncc(CN(C)C2CN(c3cc4c(nn3)CCCC4)C2)s1. The van der Waals surface area contributed by atoms with E-state index < -0.39 is 0 Å². The van der Waals surface area contributed by atoms with Crippen LogP contribution in [-0.4, -0.2) is 46.3 Å². The average Bonchev–Trinajstić information content (AvgIpc) is 2.90. The Morgan fingerprint density at radius 2 is 2.09 bits per heavy atom. The third-order valence-corrected chi connectivity index (χ3v) is 5.84. The van der Waals surface area contributed by atoms with Crippen molar-refractivity contribution in [3.05, 3.63) is 33.4 Å². The third kappa shape index (κ3) is 3.10. The van der Waals surface area contributed by atoms with Gasteiger partial charge in [-0.1, -0.05) is 0 Å². The lowest BCUT2D eigenvalue weighted by atomic mass is 9.96. The predicted molar refractivity (Wildman–Crippen MR) is 93.0 cm³/mol. The minimum Gasteiger partial charge on any atom is -0.352 e. The zero-order chi connectivity index (χ0) is 15.8. The molecule has 0 N–H and O–H groups in total. The first-order valence-electron chi connectivity index (χ1n) is 8.41. The number of rotatable bonds is 4. The molecule has 0 spiro atoms. The Balaban J connectivity index is 1.35. The number of thiazole rings is 1. The Labute approximate surface area is 141 Å². The number of nitrogens with zero attached hydrogens (tertiary/aromatic N) is 5. The summed E-state index contributed by atoms with van der Waals surface area (Å²) in [6.07, 6.45) is 6.82. The fourth-order valence-corrected chi connectivity index (χ4v) is 4.27. The lowest BCUT2D eigenvalue weighted by Crippen LogP contribution is -2.58. The maximum absolute atomic E-state index is 4.45. The van der Waals surface area contributed by atoms with Crippen LogP contribution in [0, 0.1) is 6.92 Å². The second-order valence-corrected chi connectivity index (χ2v) is 8.02. The lowest BCUT2D eigenvalue weighted by molar-refractivity contribution is 0.198. The van der Waals surface area contributed by atoms with Crippen LogP contribution >= 0.6 is 11.3 Å². The Morgan fingerprint density at radius 3 is 2.87 bits per heavy atom. The molecule has 0 radical (unpaired) electrons. The minimum absolute atomic E-state index is 0.593. The van der Waals surface area contributed by atoms with Crippen LogP contribution in [0.5, 0.6) is 0 Å². The van der Waals surface area contributed by atoms with Gasteiger partial charge in [0, 0.05) is 36.8 Å². The summed E-state index contributed by atoms with van der Waals surface area (Å²) in [5.41, 5.74) is 2.63. The van der Waals surface area contributed by atoms with Crippen molar-refractivity contribution in [3.63, 3.8) is 0 Å². The molecule has 0 atom stereocenters. The van der Waals surface area contributed by atoms with Crippen LogP contribution in [0.25, 0.3) is 0 Å². The van der Waals surface area contributed by atoms with Gasteiger partial charge in [0.25, 0.3) is 0 Å². The van der Waals surface area contributed by atoms with Gasteiger partial charge in [-0.05, 0) is 51.3 Å². The van der Waals surface area contributed by atoms with Crippen LogP contribution < -0.4 is 4.90 Å². The third-order valence-electron chi connectivity index (χ3n) is 4.94. The molecule has 0 saturated carbocycles. The van der Waals surface area contributed by atoms with E-state index in [1.54, 1.807) is 11.3 Å². The average molecular weight is 329 g/mol. The Hall–Kier alpha value is -1.53. The largest absolute Gasteiger partial charge is 0.352 e. The predicted octanol–water partition coefficient (Wildman–Crippen LogP) is 2.44. The molecule has 122 valence electrons. The van der Waals surface area contributed by atoms with Crippen LogP contribution in [0.15, 0.2) is 12.3 Å². The minimum atomic E-state index is 0.593. The van der Waals surface area contributed by atoms with Crippen LogP contribution in [0.1, 0.15) is 34.0 Å². The summed E-state index contributed by atoms with van der Waals surface area (Å²) in [7, 11) is 2.20. The van der Waals surface area contributed by atoms with Crippen LogP contribution in [0.2, 0.25) is 0 Å². The van der Waals surface area contributed by atoms with E-state index in [0.717, 1.165) is 36.9 Å². The monoisotopic (exact) mass is 329 g/mol. The van der Waals surface area contributed by atoms with Crippen molar-refractivity contribution in [3.8, 4) is 0 Å². The van der Waals surface area contributed by atoms with Gasteiger partial charge in [-0.25, -0.2) is 4.98 Å². The van der Waals surface area contributed by atoms with Gasteiger partial charge in [-0.15, -0.1) is 16.4 Å². The molecule has 0 bridgehead atoms. The van der Waals surface area contributed by atoms with Crippen molar-refractivity contribution in [2.75, 3.05) is 25.0 Å². The van der Waals surface area contributed by atoms with Crippen molar-refractivity contribution in [2.24, 2.45) is 0 Å². The number of anilines is 1. The highest BCUT2D eigenvalue weighted by Gasteiger charge is 2.31. The maximum Gasteiger partial charge on any atom is 0.151 e. The summed E-state index contributed by atoms with van der Waals surface area (Å²) in [6.45, 7) is 5.14. The first kappa shape index (κ1) is 15.0. The number of aryl methyl sites for hydroxylation is 3. The number of hydrogen-bond donors (Lipinski definition) is 0. The maximum atomic E-state index is 4.45. The Kier molecular flexibility index (Phi) is 4.03. The van der Waals surface area contributed by atoms with Gasteiger partial charge in [0.2, 0.25) is 0 Å². The van der Waals surface area contributed by atoms with Gasteiger partial charge >= 0.3 is 0 Å². The van der Waals surface area contributed by atoms with Gasteiger partial charge in [-0.3, -0.25) is 4.90 Å². The molecule has 1 saturated heterocycles. The van der Waals surface area contributed by atoms with Gasteiger partial charge < -0.3 is 4.90 Å². The van der Waals surface area contributed by atoms with Crippen molar-refractivity contribution < 1.29 is 0 Å². The molecule has 2 aromatic heterocycles. The molecule has 6 heteroatoms. The molecule has 1 aliphatic carbocycles. The summed E-state index contributed by atoms with van der Waals surface area (Å²) in [6, 6.07) is 2.86. The highest BCUT2D eigenvalue weighted by Crippen LogP contribution is 2.26. The van der Waals surface area contributed by atoms with E-state index in [2.05, 4.69) is 45.0 Å². The van der Waals surface area contributed by atoms with Crippen molar-refractivity contribution >= 4 is 17.2 Å². The van der Waals surface area contributed by atoms with E-state index in [1.165, 1.54) is 35.4 Å². The van der Waals surface area contributed by atoms with Gasteiger partial charge in [0.15, 0.2) is 5.82 Å². The lowest BCUT2D eigenvalue weighted by Gasteiger charge is -2.44. The summed E-state index contributed by atoms with van der Waals surface area (Å²) < 4.78 is 0. The Bertz CT molecular complexity index is 692. The summed E-state index contributed by atoms with van der Waals surface area (Å²) in [5.74, 6) is 1.06. The topological polar surface area (TPSA) is 45.2 Å². The zero-order valence-electron chi connectivity index (χ0n) is 13.8. The molecule has 23 heavy (non-hydrogen) atoms. The fraction of sp³-hybridized carbons (Fsp3) is 0.588. The van der Waals surface area contributed by atoms with Gasteiger partial charge in [0.05, 0.1) is 10.7 Å². The molecule has 0 aromatic carbocycles. The first-order chi connectivity index (χ1) is 11.2. The van der Waals surface area contributed by atoms with Crippen LogP contribution in [0.3, 0.4) is 0 Å². The molecule has 2 aliphatic rings. The van der Waals surface area contributed by atoms with Gasteiger partial charge in [0.1, 0.15) is 0 Å². The molecule has 5 nitrogen and oxygen atoms in total. The van der Waals surface area contributed by atoms with E-state index in [-0.39, 0.29) is 0 Å². The fourth-order valence-electron chi connectivity index (χ4n) is 3.41. The number of aromatic nitrogens is 3. The molecule has 0 unspecified atom stereocenters. The highest BCUT2D eigenvalue weighted by atomic mass is 32.1. The van der Waals surface area contributed by atoms with Gasteiger partial charge in [-0.2, -0.15) is 5.10 Å². The molecule has 2 aromatic rings. The van der Waals surface area contributed by atoms with E-state index in [0.29, 0.717) is 6.04 Å². The van der Waals surface area contributed by atoms with E-state index in [4.69, 9.17) is 0 Å². The number of likely N-dealkylation sites (N-methyl/N-ethyl adjacent to an activating group) is 1. The Morgan fingerprint density at radius 1 is 1.26 bits per heavy atom. The molecule has 0 amide bonds. The highest BCUT2D eigenvalue weighted by molar-refractivity contribution is 7.11. The smallest absolute Gasteiger partial charge is 0.151 e. The second-order valence-electron chi connectivity index (χ2n) is 6.70. The normalized spacial score (nSPS) is 18.1. The van der Waals surface area contributed by atoms with E-state index in [9.17, 15) is 0 Å². The van der Waals surface area contributed by atoms with Crippen LogP contribution in [-0.2, 0) is 19.4 Å². The van der Waals surface area contributed by atoms with Crippen molar-refractivity contribution in [1.29, 1.82) is 0 Å². The van der Waals surface area contributed by atoms with Crippen molar-refractivity contribution in [2.45, 2.75) is 45.2 Å². The standard InChI is InChI=1S/C17H23N5S/c1-12-18-8-15(23-12)11-21(2)14-9-22(10-14)17-7-13-5-3-4-6-16(13)19-20-17/h7-8,14H,3-6,9-11H2,1-2H3. The summed E-state index contributed by atoms with van der Waals surface area (Å²) in [5, 5.41) is 10.0. The summed E-state index contributed by atoms with van der Waals surface area (Å²) in [4.78, 5) is 10.5. The number of hydrogen-bond acceptors (Lipinski definition) is 6. The van der Waals surface area contributed by atoms with Crippen molar-refractivity contribution in [1.82, 2.24) is 20.1 Å². The number of fused-ring (bicyclic) bond motifs is 1. The first-order valence-corrected chi connectivity index (χ1v) is 9.22. The van der Waals surface area contributed by atoms with E-state index >= 15 is 0 Å². The summed E-state index contributed by atoms with van der Waals surface area (Å²) >= 11 is 1.79.